The van der Waals surface area contributed by atoms with Gasteiger partial charge in [-0.05, 0) is 0 Å². The molecule has 0 spiro atoms. The van der Waals surface area contributed by atoms with Crippen molar-refractivity contribution < 1.29 is 4.39 Å². The molecule has 0 bridgehead atoms. The Morgan fingerprint density at radius 2 is 2.44 bits per heavy atom. The van der Waals surface area contributed by atoms with E-state index in [-0.39, 0.29) is 5.82 Å². The van der Waals surface area contributed by atoms with E-state index in [0.29, 0.717) is 0 Å². The SMILES string of the molecule is Nc1cc(F)[nH]c(=O)n1. The predicted molar refractivity (Wildman–Crippen MR) is 29.2 cm³/mol. The number of anilines is 1. The number of H-pyrrole nitrogens is 1. The maximum Gasteiger partial charge on any atom is 0.349 e. The second-order valence-corrected chi connectivity index (χ2v) is 1.46. The van der Waals surface area contributed by atoms with Crippen molar-refractivity contribution in [3.63, 3.8) is 0 Å². The molecule has 0 aliphatic heterocycles. The van der Waals surface area contributed by atoms with E-state index in [1.54, 1.807) is 4.98 Å². The molecule has 0 amide bonds. The molecule has 0 aliphatic carbocycles. The van der Waals surface area contributed by atoms with Gasteiger partial charge in [0.2, 0.25) is 0 Å². The highest BCUT2D eigenvalue weighted by Gasteiger charge is 1.92. The van der Waals surface area contributed by atoms with Gasteiger partial charge < -0.3 is 5.73 Å². The number of hydrogen-bond donors (Lipinski definition) is 2. The van der Waals surface area contributed by atoms with Crippen molar-refractivity contribution in [2.75, 3.05) is 5.73 Å². The summed E-state index contributed by atoms with van der Waals surface area (Å²) in [6.45, 7) is 0. The molecule has 0 saturated carbocycles. The molecular weight excluding hydrogens is 125 g/mol. The van der Waals surface area contributed by atoms with Crippen LogP contribution < -0.4 is 11.4 Å². The van der Waals surface area contributed by atoms with Crippen LogP contribution in [-0.4, -0.2) is 9.97 Å². The standard InChI is InChI=1S/C4H4FN3O/c5-2-1-3(6)8-4(9)7-2/h1H,(H3,6,7,8,9). The molecule has 3 N–H and O–H groups in total. The van der Waals surface area contributed by atoms with Crippen molar-refractivity contribution in [1.29, 1.82) is 0 Å². The summed E-state index contributed by atoms with van der Waals surface area (Å²) in [6, 6.07) is 0.932. The first-order valence-corrected chi connectivity index (χ1v) is 2.21. The van der Waals surface area contributed by atoms with Crippen molar-refractivity contribution in [2.45, 2.75) is 0 Å². The van der Waals surface area contributed by atoms with E-state index in [4.69, 9.17) is 5.73 Å². The van der Waals surface area contributed by atoms with Gasteiger partial charge in [-0.25, -0.2) is 4.79 Å². The second kappa shape index (κ2) is 1.85. The smallest absolute Gasteiger partial charge is 0.349 e. The number of nitrogens with two attached hydrogens (primary N) is 1. The van der Waals surface area contributed by atoms with Crippen LogP contribution in [0.3, 0.4) is 0 Å². The number of nitrogen functional groups attached to an aromatic ring is 1. The minimum absolute atomic E-state index is 0.115. The third-order valence-corrected chi connectivity index (χ3v) is 0.732. The summed E-state index contributed by atoms with van der Waals surface area (Å²) >= 11 is 0. The van der Waals surface area contributed by atoms with Crippen LogP contribution in [0.4, 0.5) is 10.2 Å². The fourth-order valence-electron chi connectivity index (χ4n) is 0.446. The highest BCUT2D eigenvalue weighted by Crippen LogP contribution is 1.91. The molecule has 5 heteroatoms. The Balaban J connectivity index is 3.33. The van der Waals surface area contributed by atoms with Crippen molar-refractivity contribution in [3.8, 4) is 0 Å². The van der Waals surface area contributed by atoms with Gasteiger partial charge in [0.25, 0.3) is 0 Å². The van der Waals surface area contributed by atoms with Crippen LogP contribution in [-0.2, 0) is 0 Å². The zero-order valence-electron chi connectivity index (χ0n) is 4.39. The lowest BCUT2D eigenvalue weighted by Crippen LogP contribution is -2.13. The first-order valence-electron chi connectivity index (χ1n) is 2.21. The number of nitrogens with one attached hydrogen (secondary N) is 1. The zero-order chi connectivity index (χ0) is 6.85. The largest absolute Gasteiger partial charge is 0.383 e. The lowest BCUT2D eigenvalue weighted by molar-refractivity contribution is 0.575. The molecule has 0 atom stereocenters. The minimum Gasteiger partial charge on any atom is -0.383 e. The Morgan fingerprint density at radius 3 is 2.89 bits per heavy atom. The Labute approximate surface area is 49.5 Å². The molecule has 48 valence electrons. The molecule has 0 aliphatic rings. The second-order valence-electron chi connectivity index (χ2n) is 1.46. The van der Waals surface area contributed by atoms with E-state index >= 15 is 0 Å². The summed E-state index contributed by atoms with van der Waals surface area (Å²) in [4.78, 5) is 15.2. The average Bonchev–Trinajstić information content (AvgIpc) is 1.59. The van der Waals surface area contributed by atoms with E-state index in [2.05, 4.69) is 4.98 Å². The van der Waals surface area contributed by atoms with Gasteiger partial charge in [-0.15, -0.1) is 0 Å². The third kappa shape index (κ3) is 1.25. The summed E-state index contributed by atoms with van der Waals surface area (Å²) in [6.07, 6.45) is 0. The molecule has 1 aromatic heterocycles. The van der Waals surface area contributed by atoms with Gasteiger partial charge in [-0.2, -0.15) is 9.37 Å². The maximum absolute atomic E-state index is 12.1. The lowest BCUT2D eigenvalue weighted by atomic mass is 10.6. The van der Waals surface area contributed by atoms with Crippen LogP contribution in [0.1, 0.15) is 0 Å². The molecule has 0 radical (unpaired) electrons. The topological polar surface area (TPSA) is 71.8 Å². The van der Waals surface area contributed by atoms with Gasteiger partial charge in [-0.3, -0.25) is 4.98 Å². The fraction of sp³-hybridized carbons (Fsp3) is 0. The van der Waals surface area contributed by atoms with Crippen LogP contribution in [0.25, 0.3) is 0 Å². The van der Waals surface area contributed by atoms with Crippen molar-refractivity contribution in [2.24, 2.45) is 0 Å². The molecule has 0 fully saturated rings. The molecule has 1 aromatic rings. The van der Waals surface area contributed by atoms with Gasteiger partial charge in [0.05, 0.1) is 0 Å². The van der Waals surface area contributed by atoms with Crippen molar-refractivity contribution >= 4 is 5.82 Å². The quantitative estimate of drug-likeness (QED) is 0.463. The van der Waals surface area contributed by atoms with Gasteiger partial charge in [0.1, 0.15) is 5.82 Å². The number of aromatic nitrogens is 2. The van der Waals surface area contributed by atoms with Crippen LogP contribution in [0, 0.1) is 5.95 Å². The lowest BCUT2D eigenvalue weighted by Gasteiger charge is -1.87. The Hall–Kier alpha value is -1.39. The number of nitrogens with zero attached hydrogens (tertiary/aromatic N) is 1. The summed E-state index contributed by atoms with van der Waals surface area (Å²) in [5, 5.41) is 0. The van der Waals surface area contributed by atoms with Crippen molar-refractivity contribution in [1.82, 2.24) is 9.97 Å². The maximum atomic E-state index is 12.1. The predicted octanol–water partition coefficient (Wildman–Crippen LogP) is -0.509. The molecule has 0 unspecified atom stereocenters. The van der Waals surface area contributed by atoms with Gasteiger partial charge in [-0.1, -0.05) is 0 Å². The Kier molecular flexibility index (Phi) is 1.18. The molecule has 0 aromatic carbocycles. The van der Waals surface area contributed by atoms with Gasteiger partial charge >= 0.3 is 5.69 Å². The molecular formula is C4H4FN3O. The number of halogens is 1. The van der Waals surface area contributed by atoms with Gasteiger partial charge in [0, 0.05) is 6.07 Å². The summed E-state index contributed by atoms with van der Waals surface area (Å²) < 4.78 is 12.1. The van der Waals surface area contributed by atoms with E-state index in [9.17, 15) is 9.18 Å². The summed E-state index contributed by atoms with van der Waals surface area (Å²) in [7, 11) is 0. The van der Waals surface area contributed by atoms with E-state index in [0.717, 1.165) is 6.07 Å². The van der Waals surface area contributed by atoms with Crippen LogP contribution in [0.5, 0.6) is 0 Å². The Morgan fingerprint density at radius 1 is 1.78 bits per heavy atom. The molecule has 1 heterocycles. The normalized spacial score (nSPS) is 9.44. The highest BCUT2D eigenvalue weighted by atomic mass is 19.1. The fourth-order valence-corrected chi connectivity index (χ4v) is 0.446. The van der Waals surface area contributed by atoms with Crippen LogP contribution in [0.2, 0.25) is 0 Å². The molecule has 0 saturated heterocycles. The number of rotatable bonds is 0. The minimum atomic E-state index is -0.771. The molecule has 4 nitrogen and oxygen atoms in total. The first kappa shape index (κ1) is 5.74. The van der Waals surface area contributed by atoms with E-state index < -0.39 is 11.6 Å². The number of hydrogen-bond acceptors (Lipinski definition) is 3. The molecule has 9 heavy (non-hydrogen) atoms. The number of aromatic amines is 1. The summed E-state index contributed by atoms with van der Waals surface area (Å²) in [5.41, 5.74) is 4.22. The first-order chi connectivity index (χ1) is 4.18. The van der Waals surface area contributed by atoms with Crippen molar-refractivity contribution in [3.05, 3.63) is 22.5 Å². The Bertz CT molecular complexity index is 246. The zero-order valence-corrected chi connectivity index (χ0v) is 4.39. The molecule has 1 rings (SSSR count). The van der Waals surface area contributed by atoms with Crippen LogP contribution in [0.15, 0.2) is 10.9 Å². The van der Waals surface area contributed by atoms with E-state index in [1.165, 1.54) is 0 Å². The highest BCUT2D eigenvalue weighted by molar-refractivity contribution is 5.23. The monoisotopic (exact) mass is 129 g/mol. The van der Waals surface area contributed by atoms with Crippen LogP contribution >= 0.6 is 0 Å². The average molecular weight is 129 g/mol. The third-order valence-electron chi connectivity index (χ3n) is 0.732. The summed E-state index contributed by atoms with van der Waals surface area (Å²) in [5.74, 6) is -0.885. The van der Waals surface area contributed by atoms with E-state index in [1.807, 2.05) is 0 Å². The van der Waals surface area contributed by atoms with Gasteiger partial charge in [0.15, 0.2) is 5.95 Å².